The van der Waals surface area contributed by atoms with Crippen LogP contribution in [0, 0.1) is 18.3 Å². The molecule has 0 spiro atoms. The molecule has 2 nitrogen and oxygen atoms in total. The molecule has 0 aliphatic heterocycles. The fraction of sp³-hybridized carbons (Fsp3) is 0.222. The quantitative estimate of drug-likeness (QED) is 0.653. The van der Waals surface area contributed by atoms with Crippen LogP contribution in [-0.4, -0.2) is 0 Å². The van der Waals surface area contributed by atoms with E-state index in [9.17, 15) is 0 Å². The number of hydrogen-bond donors (Lipinski definition) is 1. The summed E-state index contributed by atoms with van der Waals surface area (Å²) in [4.78, 5) is 0. The van der Waals surface area contributed by atoms with Crippen LogP contribution < -0.4 is 5.73 Å². The Labute approximate surface area is 66.3 Å². The third-order valence-corrected chi connectivity index (χ3v) is 1.54. The molecular formula is C9H10N2. The molecule has 0 bridgehead atoms. The van der Waals surface area contributed by atoms with Gasteiger partial charge < -0.3 is 5.73 Å². The van der Waals surface area contributed by atoms with Crippen LogP contribution in [0.3, 0.4) is 0 Å². The minimum atomic E-state index is -0.491. The average Bonchev–Trinajstić information content (AvgIpc) is 2.03. The lowest BCUT2D eigenvalue weighted by atomic mass is 10.1. The lowest BCUT2D eigenvalue weighted by molar-refractivity contribution is 0.924. The van der Waals surface area contributed by atoms with Crippen molar-refractivity contribution in [1.29, 1.82) is 5.26 Å². The Hall–Kier alpha value is -1.33. The van der Waals surface area contributed by atoms with Gasteiger partial charge in [-0.3, -0.25) is 0 Å². The Balaban J connectivity index is 2.98. The SMILES string of the molecule is Cc1cccc([C@@H](N)C#N)c1. The maximum atomic E-state index is 8.50. The second-order valence-corrected chi connectivity index (χ2v) is 2.52. The van der Waals surface area contributed by atoms with Crippen molar-refractivity contribution < 1.29 is 0 Å². The number of nitrogens with zero attached hydrogens (tertiary/aromatic N) is 1. The van der Waals surface area contributed by atoms with Gasteiger partial charge in [0, 0.05) is 0 Å². The first-order valence-electron chi connectivity index (χ1n) is 3.46. The fourth-order valence-corrected chi connectivity index (χ4v) is 0.938. The van der Waals surface area contributed by atoms with E-state index in [1.165, 1.54) is 0 Å². The first kappa shape index (κ1) is 7.77. The molecule has 1 rings (SSSR count). The van der Waals surface area contributed by atoms with Crippen LogP contribution >= 0.6 is 0 Å². The van der Waals surface area contributed by atoms with Crippen molar-refractivity contribution in [3.8, 4) is 6.07 Å². The zero-order chi connectivity index (χ0) is 8.27. The highest BCUT2D eigenvalue weighted by Crippen LogP contribution is 2.10. The lowest BCUT2D eigenvalue weighted by Crippen LogP contribution is -2.06. The van der Waals surface area contributed by atoms with E-state index in [1.807, 2.05) is 37.3 Å². The summed E-state index contributed by atoms with van der Waals surface area (Å²) in [6.45, 7) is 1.98. The molecular weight excluding hydrogens is 136 g/mol. The third kappa shape index (κ3) is 1.79. The molecule has 2 heteroatoms. The summed E-state index contributed by atoms with van der Waals surface area (Å²) in [5.41, 5.74) is 7.52. The van der Waals surface area contributed by atoms with E-state index in [0.717, 1.165) is 11.1 Å². The van der Waals surface area contributed by atoms with Gasteiger partial charge in [-0.05, 0) is 12.5 Å². The molecule has 0 radical (unpaired) electrons. The zero-order valence-electron chi connectivity index (χ0n) is 6.41. The van der Waals surface area contributed by atoms with Crippen molar-refractivity contribution in [3.05, 3.63) is 35.4 Å². The van der Waals surface area contributed by atoms with E-state index in [4.69, 9.17) is 11.0 Å². The molecule has 0 aliphatic rings. The standard InChI is InChI=1S/C9H10N2/c1-7-3-2-4-8(5-7)9(11)6-10/h2-5,9H,11H2,1H3/t9-/m0/s1. The molecule has 11 heavy (non-hydrogen) atoms. The molecule has 0 amide bonds. The van der Waals surface area contributed by atoms with Crippen LogP contribution in [0.1, 0.15) is 17.2 Å². The summed E-state index contributed by atoms with van der Waals surface area (Å²) in [5.74, 6) is 0. The Morgan fingerprint density at radius 3 is 2.82 bits per heavy atom. The van der Waals surface area contributed by atoms with Gasteiger partial charge in [0.25, 0.3) is 0 Å². The monoisotopic (exact) mass is 146 g/mol. The average molecular weight is 146 g/mol. The van der Waals surface area contributed by atoms with Gasteiger partial charge in [-0.25, -0.2) is 0 Å². The predicted octanol–water partition coefficient (Wildman–Crippen LogP) is 1.52. The largest absolute Gasteiger partial charge is 0.312 e. The fourth-order valence-electron chi connectivity index (χ4n) is 0.938. The molecule has 2 N–H and O–H groups in total. The second kappa shape index (κ2) is 3.18. The van der Waals surface area contributed by atoms with Crippen molar-refractivity contribution in [2.24, 2.45) is 5.73 Å². The van der Waals surface area contributed by atoms with Crippen molar-refractivity contribution in [2.45, 2.75) is 13.0 Å². The highest BCUT2D eigenvalue weighted by atomic mass is 14.6. The number of benzene rings is 1. The van der Waals surface area contributed by atoms with Crippen molar-refractivity contribution in [3.63, 3.8) is 0 Å². The molecule has 0 saturated carbocycles. The lowest BCUT2D eigenvalue weighted by Gasteiger charge is -2.02. The summed E-state index contributed by atoms with van der Waals surface area (Å²) >= 11 is 0. The van der Waals surface area contributed by atoms with E-state index < -0.39 is 6.04 Å². The minimum Gasteiger partial charge on any atom is -0.312 e. The third-order valence-electron chi connectivity index (χ3n) is 1.54. The smallest absolute Gasteiger partial charge is 0.118 e. The van der Waals surface area contributed by atoms with Crippen LogP contribution in [-0.2, 0) is 0 Å². The summed E-state index contributed by atoms with van der Waals surface area (Å²) in [6.07, 6.45) is 0. The molecule has 56 valence electrons. The summed E-state index contributed by atoms with van der Waals surface area (Å²) in [6, 6.07) is 9.17. The highest BCUT2D eigenvalue weighted by molar-refractivity contribution is 5.27. The van der Waals surface area contributed by atoms with Gasteiger partial charge in [-0.2, -0.15) is 5.26 Å². The van der Waals surface area contributed by atoms with Crippen LogP contribution in [0.4, 0.5) is 0 Å². The minimum absolute atomic E-state index is 0.491. The van der Waals surface area contributed by atoms with Crippen LogP contribution in [0.5, 0.6) is 0 Å². The van der Waals surface area contributed by atoms with E-state index >= 15 is 0 Å². The van der Waals surface area contributed by atoms with Gasteiger partial charge in [0.15, 0.2) is 0 Å². The Bertz CT molecular complexity index is 286. The molecule has 0 heterocycles. The Morgan fingerprint density at radius 2 is 2.27 bits per heavy atom. The molecule has 0 saturated heterocycles. The first-order valence-corrected chi connectivity index (χ1v) is 3.46. The van der Waals surface area contributed by atoms with E-state index in [-0.39, 0.29) is 0 Å². The molecule has 1 aromatic carbocycles. The van der Waals surface area contributed by atoms with Crippen LogP contribution in [0.2, 0.25) is 0 Å². The first-order chi connectivity index (χ1) is 5.24. The Kier molecular flexibility index (Phi) is 2.25. The van der Waals surface area contributed by atoms with E-state index in [1.54, 1.807) is 0 Å². The van der Waals surface area contributed by atoms with Gasteiger partial charge in [0.2, 0.25) is 0 Å². The molecule has 0 aromatic heterocycles. The second-order valence-electron chi connectivity index (χ2n) is 2.52. The maximum Gasteiger partial charge on any atom is 0.118 e. The number of hydrogen-bond acceptors (Lipinski definition) is 2. The molecule has 0 aliphatic carbocycles. The van der Waals surface area contributed by atoms with Crippen molar-refractivity contribution in [2.75, 3.05) is 0 Å². The molecule has 1 atom stereocenters. The number of nitrogens with two attached hydrogens (primary N) is 1. The molecule has 0 fully saturated rings. The van der Waals surface area contributed by atoms with Gasteiger partial charge in [0.1, 0.15) is 6.04 Å². The van der Waals surface area contributed by atoms with Crippen LogP contribution in [0.25, 0.3) is 0 Å². The van der Waals surface area contributed by atoms with Gasteiger partial charge in [0.05, 0.1) is 6.07 Å². The summed E-state index contributed by atoms with van der Waals surface area (Å²) in [7, 11) is 0. The number of aryl methyl sites for hydroxylation is 1. The summed E-state index contributed by atoms with van der Waals surface area (Å²) < 4.78 is 0. The predicted molar refractivity (Wildman–Crippen MR) is 43.7 cm³/mol. The molecule has 1 aromatic rings. The van der Waals surface area contributed by atoms with E-state index in [2.05, 4.69) is 0 Å². The zero-order valence-corrected chi connectivity index (χ0v) is 6.41. The number of rotatable bonds is 1. The maximum absolute atomic E-state index is 8.50. The number of nitriles is 1. The van der Waals surface area contributed by atoms with Crippen molar-refractivity contribution in [1.82, 2.24) is 0 Å². The summed E-state index contributed by atoms with van der Waals surface area (Å²) in [5, 5.41) is 8.50. The van der Waals surface area contributed by atoms with Gasteiger partial charge in [-0.15, -0.1) is 0 Å². The Morgan fingerprint density at radius 1 is 1.55 bits per heavy atom. The molecule has 0 unspecified atom stereocenters. The highest BCUT2D eigenvalue weighted by Gasteiger charge is 2.01. The van der Waals surface area contributed by atoms with E-state index in [0.29, 0.717) is 0 Å². The van der Waals surface area contributed by atoms with Crippen LogP contribution in [0.15, 0.2) is 24.3 Å². The van der Waals surface area contributed by atoms with Gasteiger partial charge >= 0.3 is 0 Å². The van der Waals surface area contributed by atoms with Gasteiger partial charge in [-0.1, -0.05) is 29.8 Å². The topological polar surface area (TPSA) is 49.8 Å². The normalized spacial score (nSPS) is 12.1. The van der Waals surface area contributed by atoms with Crippen molar-refractivity contribution >= 4 is 0 Å².